The van der Waals surface area contributed by atoms with Crippen molar-refractivity contribution in [1.29, 1.82) is 0 Å². The van der Waals surface area contributed by atoms with Crippen LogP contribution in [0.3, 0.4) is 0 Å². The predicted octanol–water partition coefficient (Wildman–Crippen LogP) is 2.89. The smallest absolute Gasteiger partial charge is 0.254 e. The number of hydrogen-bond acceptors (Lipinski definition) is 4. The van der Waals surface area contributed by atoms with Crippen LogP contribution in [0.5, 0.6) is 11.5 Å². The van der Waals surface area contributed by atoms with E-state index in [1.807, 2.05) is 25.1 Å². The summed E-state index contributed by atoms with van der Waals surface area (Å²) < 4.78 is 10.7. The zero-order chi connectivity index (χ0) is 19.6. The number of ether oxygens (including phenoxy) is 2. The van der Waals surface area contributed by atoms with Gasteiger partial charge in [0.05, 0.1) is 19.9 Å². The van der Waals surface area contributed by atoms with Gasteiger partial charge in [-0.15, -0.1) is 0 Å². The SMILES string of the molecule is COc1ccc(OC)c(N2CCN(C(=O)c3ccccc3C)[C@@H](C)C2=O)c1. The molecule has 0 aromatic heterocycles. The molecule has 0 aliphatic carbocycles. The van der Waals surface area contributed by atoms with Crippen molar-refractivity contribution in [3.63, 3.8) is 0 Å². The van der Waals surface area contributed by atoms with Gasteiger partial charge in [0.25, 0.3) is 5.91 Å². The number of carbonyl (C=O) groups is 2. The fourth-order valence-corrected chi connectivity index (χ4v) is 3.36. The van der Waals surface area contributed by atoms with E-state index >= 15 is 0 Å². The van der Waals surface area contributed by atoms with Gasteiger partial charge in [0, 0.05) is 24.7 Å². The topological polar surface area (TPSA) is 59.1 Å². The van der Waals surface area contributed by atoms with Gasteiger partial charge in [0.1, 0.15) is 17.5 Å². The molecule has 1 saturated heterocycles. The summed E-state index contributed by atoms with van der Waals surface area (Å²) in [6.07, 6.45) is 0. The lowest BCUT2D eigenvalue weighted by Gasteiger charge is -2.39. The Morgan fingerprint density at radius 1 is 1.07 bits per heavy atom. The van der Waals surface area contributed by atoms with E-state index < -0.39 is 6.04 Å². The summed E-state index contributed by atoms with van der Waals surface area (Å²) in [7, 11) is 3.14. The number of nitrogens with zero attached hydrogens (tertiary/aromatic N) is 2. The lowest BCUT2D eigenvalue weighted by atomic mass is 10.0. The molecule has 0 N–H and O–H groups in total. The highest BCUT2D eigenvalue weighted by atomic mass is 16.5. The number of carbonyl (C=O) groups excluding carboxylic acids is 2. The van der Waals surface area contributed by atoms with Crippen molar-refractivity contribution in [1.82, 2.24) is 4.90 Å². The van der Waals surface area contributed by atoms with E-state index in [-0.39, 0.29) is 11.8 Å². The van der Waals surface area contributed by atoms with Crippen molar-refractivity contribution < 1.29 is 19.1 Å². The first-order valence-electron chi connectivity index (χ1n) is 8.88. The fraction of sp³-hybridized carbons (Fsp3) is 0.333. The second-order valence-electron chi connectivity index (χ2n) is 6.52. The van der Waals surface area contributed by atoms with Crippen LogP contribution in [0.1, 0.15) is 22.8 Å². The monoisotopic (exact) mass is 368 g/mol. The van der Waals surface area contributed by atoms with Crippen LogP contribution in [-0.4, -0.2) is 50.1 Å². The van der Waals surface area contributed by atoms with Gasteiger partial charge >= 0.3 is 0 Å². The maximum Gasteiger partial charge on any atom is 0.254 e. The van der Waals surface area contributed by atoms with E-state index in [1.54, 1.807) is 55.2 Å². The van der Waals surface area contributed by atoms with Gasteiger partial charge in [0.2, 0.25) is 5.91 Å². The van der Waals surface area contributed by atoms with Crippen LogP contribution in [0.2, 0.25) is 0 Å². The first-order chi connectivity index (χ1) is 13.0. The van der Waals surface area contributed by atoms with Gasteiger partial charge in [-0.05, 0) is 37.6 Å². The fourth-order valence-electron chi connectivity index (χ4n) is 3.36. The maximum absolute atomic E-state index is 13.1. The van der Waals surface area contributed by atoms with Gasteiger partial charge in [-0.1, -0.05) is 18.2 Å². The average Bonchev–Trinajstić information content (AvgIpc) is 2.69. The van der Waals surface area contributed by atoms with Crippen LogP contribution in [0, 0.1) is 6.92 Å². The van der Waals surface area contributed by atoms with Crippen LogP contribution in [0.15, 0.2) is 42.5 Å². The Bertz CT molecular complexity index is 865. The lowest BCUT2D eigenvalue weighted by Crippen LogP contribution is -2.57. The van der Waals surface area contributed by atoms with Crippen molar-refractivity contribution in [3.05, 3.63) is 53.6 Å². The second kappa shape index (κ2) is 7.70. The first kappa shape index (κ1) is 18.8. The van der Waals surface area contributed by atoms with Crippen LogP contribution in [0.4, 0.5) is 5.69 Å². The number of aryl methyl sites for hydroxylation is 1. The third-order valence-corrected chi connectivity index (χ3v) is 4.97. The second-order valence-corrected chi connectivity index (χ2v) is 6.52. The Kier molecular flexibility index (Phi) is 5.35. The minimum Gasteiger partial charge on any atom is -0.497 e. The van der Waals surface area contributed by atoms with Gasteiger partial charge in [-0.25, -0.2) is 0 Å². The van der Waals surface area contributed by atoms with Gasteiger partial charge in [0.15, 0.2) is 0 Å². The highest BCUT2D eigenvalue weighted by Crippen LogP contribution is 2.34. The molecule has 6 heteroatoms. The summed E-state index contributed by atoms with van der Waals surface area (Å²) in [5.74, 6) is 0.973. The Balaban J connectivity index is 1.87. The maximum atomic E-state index is 13.1. The molecule has 1 heterocycles. The third-order valence-electron chi connectivity index (χ3n) is 4.97. The highest BCUT2D eigenvalue weighted by molar-refractivity contribution is 6.04. The number of piperazine rings is 1. The molecule has 1 fully saturated rings. The molecule has 3 rings (SSSR count). The summed E-state index contributed by atoms with van der Waals surface area (Å²) >= 11 is 0. The molecule has 1 aliphatic heterocycles. The molecule has 0 bridgehead atoms. The molecule has 2 amide bonds. The Hall–Kier alpha value is -3.02. The Morgan fingerprint density at radius 3 is 2.48 bits per heavy atom. The number of rotatable bonds is 4. The quantitative estimate of drug-likeness (QED) is 0.833. The molecule has 6 nitrogen and oxygen atoms in total. The summed E-state index contributed by atoms with van der Waals surface area (Å²) in [6, 6.07) is 12.2. The van der Waals surface area contributed by atoms with E-state index in [2.05, 4.69) is 0 Å². The van der Waals surface area contributed by atoms with Crippen molar-refractivity contribution in [2.24, 2.45) is 0 Å². The minimum absolute atomic E-state index is 0.119. The van der Waals surface area contributed by atoms with Crippen molar-refractivity contribution in [2.75, 3.05) is 32.2 Å². The average molecular weight is 368 g/mol. The number of amides is 2. The highest BCUT2D eigenvalue weighted by Gasteiger charge is 2.36. The Morgan fingerprint density at radius 2 is 1.81 bits per heavy atom. The number of anilines is 1. The van der Waals surface area contributed by atoms with E-state index in [0.29, 0.717) is 35.8 Å². The summed E-state index contributed by atoms with van der Waals surface area (Å²) in [5.41, 5.74) is 2.18. The summed E-state index contributed by atoms with van der Waals surface area (Å²) in [4.78, 5) is 29.3. The molecular formula is C21H24N2O4. The van der Waals surface area contributed by atoms with Gasteiger partial charge in [-0.3, -0.25) is 9.59 Å². The normalized spacial score (nSPS) is 17.0. The zero-order valence-corrected chi connectivity index (χ0v) is 16.1. The number of hydrogen-bond donors (Lipinski definition) is 0. The Labute approximate surface area is 159 Å². The summed E-state index contributed by atoms with van der Waals surface area (Å²) in [6.45, 7) is 4.50. The summed E-state index contributed by atoms with van der Waals surface area (Å²) in [5, 5.41) is 0. The van der Waals surface area contributed by atoms with Crippen LogP contribution >= 0.6 is 0 Å². The molecule has 142 valence electrons. The van der Waals surface area contributed by atoms with Crippen LogP contribution < -0.4 is 14.4 Å². The number of methoxy groups -OCH3 is 2. The van der Waals surface area contributed by atoms with Crippen molar-refractivity contribution in [3.8, 4) is 11.5 Å². The number of benzene rings is 2. The largest absolute Gasteiger partial charge is 0.497 e. The zero-order valence-electron chi connectivity index (χ0n) is 16.1. The van der Waals surface area contributed by atoms with E-state index in [1.165, 1.54) is 0 Å². The molecule has 0 unspecified atom stereocenters. The molecule has 2 aromatic carbocycles. The van der Waals surface area contributed by atoms with Crippen molar-refractivity contribution >= 4 is 17.5 Å². The molecule has 27 heavy (non-hydrogen) atoms. The molecule has 0 saturated carbocycles. The molecule has 1 atom stereocenters. The molecule has 0 spiro atoms. The first-order valence-corrected chi connectivity index (χ1v) is 8.88. The molecule has 1 aliphatic rings. The van der Waals surface area contributed by atoms with E-state index in [0.717, 1.165) is 5.56 Å². The molecular weight excluding hydrogens is 344 g/mol. The van der Waals surface area contributed by atoms with Gasteiger partial charge in [-0.2, -0.15) is 0 Å². The predicted molar refractivity (Wildman–Crippen MR) is 104 cm³/mol. The lowest BCUT2D eigenvalue weighted by molar-refractivity contribution is -0.124. The van der Waals surface area contributed by atoms with E-state index in [9.17, 15) is 9.59 Å². The molecule has 0 radical (unpaired) electrons. The van der Waals surface area contributed by atoms with E-state index in [4.69, 9.17) is 9.47 Å². The van der Waals surface area contributed by atoms with Crippen LogP contribution in [-0.2, 0) is 4.79 Å². The molecule has 2 aromatic rings. The standard InChI is InChI=1S/C21H24N2O4/c1-14-7-5-6-8-17(14)21(25)22-11-12-23(20(24)15(22)2)18-13-16(26-3)9-10-19(18)27-4/h5-10,13,15H,11-12H2,1-4H3/t15-/m0/s1. The third kappa shape index (κ3) is 3.47. The van der Waals surface area contributed by atoms with Crippen LogP contribution in [0.25, 0.3) is 0 Å². The minimum atomic E-state index is -0.568. The van der Waals surface area contributed by atoms with Crippen molar-refractivity contribution in [2.45, 2.75) is 19.9 Å². The van der Waals surface area contributed by atoms with Gasteiger partial charge < -0.3 is 19.3 Å².